The van der Waals surface area contributed by atoms with Crippen molar-refractivity contribution in [1.29, 1.82) is 0 Å². The number of sulfonamides is 1. The average molecular weight is 427 g/mol. The highest BCUT2D eigenvalue weighted by molar-refractivity contribution is 7.92. The van der Waals surface area contributed by atoms with Crippen LogP contribution in [-0.4, -0.2) is 40.8 Å². The van der Waals surface area contributed by atoms with Gasteiger partial charge in [0.25, 0.3) is 0 Å². The number of carbonyl (C=O) groups excluding carboxylic acids is 1. The van der Waals surface area contributed by atoms with E-state index < -0.39 is 22.0 Å². The Morgan fingerprint density at radius 3 is 2.29 bits per heavy atom. The molecule has 0 heterocycles. The zero-order valence-corrected chi connectivity index (χ0v) is 17.7. The highest BCUT2D eigenvalue weighted by Crippen LogP contribution is 2.31. The molecule has 2 aromatic carbocycles. The van der Waals surface area contributed by atoms with Crippen LogP contribution in [0.5, 0.6) is 11.5 Å². The Kier molecular flexibility index (Phi) is 7.15. The predicted molar refractivity (Wildman–Crippen MR) is 110 cm³/mol. The van der Waals surface area contributed by atoms with Crippen molar-refractivity contribution in [3.05, 3.63) is 53.1 Å². The normalized spacial score (nSPS) is 12.2. The number of hydrogen-bond acceptors (Lipinski definition) is 5. The molecule has 9 heteroatoms. The van der Waals surface area contributed by atoms with Crippen molar-refractivity contribution < 1.29 is 22.7 Å². The monoisotopic (exact) mass is 426 g/mol. The minimum Gasteiger partial charge on any atom is -0.497 e. The molecule has 152 valence electrons. The number of carbonyl (C=O) groups is 1. The first-order chi connectivity index (χ1) is 13.2. The predicted octanol–water partition coefficient (Wildman–Crippen LogP) is 2.83. The van der Waals surface area contributed by atoms with Crippen molar-refractivity contribution in [2.45, 2.75) is 19.5 Å². The Balaban J connectivity index is 2.18. The molecule has 28 heavy (non-hydrogen) atoms. The molecule has 7 nitrogen and oxygen atoms in total. The van der Waals surface area contributed by atoms with Crippen molar-refractivity contribution >= 4 is 33.2 Å². The quantitative estimate of drug-likeness (QED) is 0.701. The molecule has 0 saturated heterocycles. The van der Waals surface area contributed by atoms with Gasteiger partial charge in [0.2, 0.25) is 15.9 Å². The van der Waals surface area contributed by atoms with E-state index in [2.05, 4.69) is 5.32 Å². The highest BCUT2D eigenvalue weighted by Gasteiger charge is 2.29. The van der Waals surface area contributed by atoms with E-state index in [1.807, 2.05) is 12.1 Å². The molecule has 1 N–H and O–H groups in total. The van der Waals surface area contributed by atoms with Gasteiger partial charge in [-0.25, -0.2) is 8.42 Å². The Bertz CT molecular complexity index is 932. The summed E-state index contributed by atoms with van der Waals surface area (Å²) in [6, 6.07) is 10.8. The van der Waals surface area contributed by atoms with Crippen molar-refractivity contribution in [3.63, 3.8) is 0 Å². The van der Waals surface area contributed by atoms with Crippen molar-refractivity contribution in [1.82, 2.24) is 5.32 Å². The number of nitrogens with one attached hydrogen (secondary N) is 1. The minimum absolute atomic E-state index is 0.250. The molecule has 1 amide bonds. The third-order valence-electron chi connectivity index (χ3n) is 4.10. The van der Waals surface area contributed by atoms with E-state index in [0.717, 1.165) is 16.1 Å². The molecule has 0 bridgehead atoms. The first-order valence-electron chi connectivity index (χ1n) is 8.41. The summed E-state index contributed by atoms with van der Waals surface area (Å²) in [7, 11) is -0.698. The first kappa shape index (κ1) is 21.8. The molecule has 0 aromatic heterocycles. The largest absolute Gasteiger partial charge is 0.497 e. The molecule has 0 aliphatic rings. The molecule has 0 saturated carbocycles. The van der Waals surface area contributed by atoms with Gasteiger partial charge in [-0.2, -0.15) is 0 Å². The second kappa shape index (κ2) is 9.16. The number of amides is 1. The summed E-state index contributed by atoms with van der Waals surface area (Å²) >= 11 is 6.12. The average Bonchev–Trinajstić information content (AvgIpc) is 2.65. The van der Waals surface area contributed by atoms with E-state index in [1.54, 1.807) is 31.4 Å². The summed E-state index contributed by atoms with van der Waals surface area (Å²) in [6.45, 7) is 1.77. The maximum atomic E-state index is 12.6. The zero-order valence-electron chi connectivity index (χ0n) is 16.1. The molecular formula is C19H23ClN2O5S. The number of ether oxygens (including phenoxy) is 2. The number of rotatable bonds is 8. The van der Waals surface area contributed by atoms with Crippen LogP contribution in [0.1, 0.15) is 12.5 Å². The Morgan fingerprint density at radius 1 is 1.14 bits per heavy atom. The molecule has 1 atom stereocenters. The molecule has 2 aromatic rings. The van der Waals surface area contributed by atoms with E-state index in [4.69, 9.17) is 21.1 Å². The number of methoxy groups -OCH3 is 2. The fourth-order valence-electron chi connectivity index (χ4n) is 2.68. The summed E-state index contributed by atoms with van der Waals surface area (Å²) in [6.07, 6.45) is 1.04. The number of benzene rings is 2. The molecule has 0 aliphatic carbocycles. The fourth-order valence-corrected chi connectivity index (χ4v) is 4.10. The smallest absolute Gasteiger partial charge is 0.243 e. The first-order valence-corrected chi connectivity index (χ1v) is 10.6. The van der Waals surface area contributed by atoms with Crippen LogP contribution in [0, 0.1) is 0 Å². The van der Waals surface area contributed by atoms with Gasteiger partial charge in [0.1, 0.15) is 17.5 Å². The van der Waals surface area contributed by atoms with Gasteiger partial charge in [-0.05, 0) is 42.8 Å². The topological polar surface area (TPSA) is 84.9 Å². The van der Waals surface area contributed by atoms with E-state index in [9.17, 15) is 13.2 Å². The van der Waals surface area contributed by atoms with Crippen LogP contribution in [0.4, 0.5) is 5.69 Å². The second-order valence-corrected chi connectivity index (χ2v) is 8.39. The molecule has 0 unspecified atom stereocenters. The number of halogens is 1. The van der Waals surface area contributed by atoms with Crippen LogP contribution in [0.3, 0.4) is 0 Å². The maximum absolute atomic E-state index is 12.6. The summed E-state index contributed by atoms with van der Waals surface area (Å²) in [4.78, 5) is 12.6. The summed E-state index contributed by atoms with van der Waals surface area (Å²) in [5, 5.41) is 3.00. The van der Waals surface area contributed by atoms with Crippen LogP contribution in [-0.2, 0) is 21.4 Å². The van der Waals surface area contributed by atoms with Gasteiger partial charge in [0.15, 0.2) is 0 Å². The van der Waals surface area contributed by atoms with Crippen molar-refractivity contribution in [3.8, 4) is 11.5 Å². The molecule has 0 radical (unpaired) electrons. The van der Waals surface area contributed by atoms with Crippen LogP contribution in [0.2, 0.25) is 5.02 Å². The zero-order chi connectivity index (χ0) is 20.9. The van der Waals surface area contributed by atoms with Crippen molar-refractivity contribution in [2.75, 3.05) is 24.8 Å². The van der Waals surface area contributed by atoms with Crippen LogP contribution >= 0.6 is 11.6 Å². The Labute approximate surface area is 170 Å². The Morgan fingerprint density at radius 2 is 1.79 bits per heavy atom. The van der Waals surface area contributed by atoms with E-state index >= 15 is 0 Å². The lowest BCUT2D eigenvalue weighted by Crippen LogP contribution is -2.47. The third kappa shape index (κ3) is 5.30. The number of anilines is 1. The number of nitrogens with zero attached hydrogens (tertiary/aromatic N) is 1. The molecule has 0 fully saturated rings. The molecule has 2 rings (SSSR count). The SMILES string of the molecule is COc1ccc(CNC(=O)[C@H](C)N(c2ccc(OC)c(Cl)c2)S(C)(=O)=O)cc1. The standard InChI is InChI=1S/C19H23ClN2O5S/c1-13(19(23)21-12-14-5-8-16(26-2)9-6-14)22(28(4,24)25)15-7-10-18(27-3)17(20)11-15/h5-11,13H,12H2,1-4H3,(H,21,23)/t13-/m0/s1. The van der Waals surface area contributed by atoms with Gasteiger partial charge >= 0.3 is 0 Å². The second-order valence-electron chi connectivity index (χ2n) is 6.12. The lowest BCUT2D eigenvalue weighted by Gasteiger charge is -2.28. The maximum Gasteiger partial charge on any atom is 0.243 e. The van der Waals surface area contributed by atoms with E-state index in [-0.39, 0.29) is 17.3 Å². The van der Waals surface area contributed by atoms with Gasteiger partial charge < -0.3 is 14.8 Å². The van der Waals surface area contributed by atoms with Gasteiger partial charge in [-0.1, -0.05) is 23.7 Å². The Hall–Kier alpha value is -2.45. The van der Waals surface area contributed by atoms with Crippen LogP contribution in [0.15, 0.2) is 42.5 Å². The van der Waals surface area contributed by atoms with E-state index in [0.29, 0.717) is 11.5 Å². The van der Waals surface area contributed by atoms with Crippen LogP contribution in [0.25, 0.3) is 0 Å². The van der Waals surface area contributed by atoms with Gasteiger partial charge in [0, 0.05) is 6.54 Å². The lowest BCUT2D eigenvalue weighted by molar-refractivity contribution is -0.122. The molecular weight excluding hydrogens is 404 g/mol. The summed E-state index contributed by atoms with van der Waals surface area (Å²) in [5.74, 6) is 0.687. The molecule has 0 aliphatic heterocycles. The fraction of sp³-hybridized carbons (Fsp3) is 0.316. The van der Waals surface area contributed by atoms with Gasteiger partial charge in [-0.3, -0.25) is 9.10 Å². The van der Waals surface area contributed by atoms with E-state index in [1.165, 1.54) is 20.1 Å². The summed E-state index contributed by atoms with van der Waals surface area (Å²) in [5.41, 5.74) is 1.14. The summed E-state index contributed by atoms with van der Waals surface area (Å²) < 4.78 is 35.9. The molecule has 0 spiro atoms. The third-order valence-corrected chi connectivity index (χ3v) is 5.64. The number of hydrogen-bond donors (Lipinski definition) is 1. The van der Waals surface area contributed by atoms with Gasteiger partial charge in [-0.15, -0.1) is 0 Å². The van der Waals surface area contributed by atoms with Crippen molar-refractivity contribution in [2.24, 2.45) is 0 Å². The van der Waals surface area contributed by atoms with Crippen LogP contribution < -0.4 is 19.1 Å². The lowest BCUT2D eigenvalue weighted by atomic mass is 10.2. The highest BCUT2D eigenvalue weighted by atomic mass is 35.5. The minimum atomic E-state index is -3.73. The van der Waals surface area contributed by atoms with Gasteiger partial charge in [0.05, 0.1) is 31.2 Å².